The van der Waals surface area contributed by atoms with Crippen LogP contribution in [0.5, 0.6) is 0 Å². The Labute approximate surface area is 109 Å². The van der Waals surface area contributed by atoms with E-state index < -0.39 is 15.3 Å². The molecule has 1 atom stereocenters. The van der Waals surface area contributed by atoms with Crippen LogP contribution in [0.25, 0.3) is 0 Å². The zero-order valence-electron chi connectivity index (χ0n) is 10.5. The summed E-state index contributed by atoms with van der Waals surface area (Å²) < 4.78 is 26.7. The lowest BCUT2D eigenvalue weighted by Crippen LogP contribution is -2.47. The predicted octanol–water partition coefficient (Wildman–Crippen LogP) is 1.55. The van der Waals surface area contributed by atoms with Crippen LogP contribution < -0.4 is 10.5 Å². The van der Waals surface area contributed by atoms with Crippen molar-refractivity contribution in [2.75, 3.05) is 6.54 Å². The summed E-state index contributed by atoms with van der Waals surface area (Å²) >= 11 is 4.80. The molecule has 0 amide bonds. The molecule has 0 radical (unpaired) electrons. The first-order valence-corrected chi connectivity index (χ1v) is 8.10. The van der Waals surface area contributed by atoms with Crippen molar-refractivity contribution < 1.29 is 8.42 Å². The second-order valence-electron chi connectivity index (χ2n) is 4.87. The Bertz CT molecular complexity index is 369. The maximum atomic E-state index is 12.0. The monoisotopic (exact) mass is 278 g/mol. The number of hydrogen-bond acceptors (Lipinski definition) is 3. The van der Waals surface area contributed by atoms with E-state index in [4.69, 9.17) is 18.0 Å². The van der Waals surface area contributed by atoms with Crippen LogP contribution in [0.4, 0.5) is 0 Å². The van der Waals surface area contributed by atoms with Crippen molar-refractivity contribution in [3.05, 3.63) is 0 Å². The summed E-state index contributed by atoms with van der Waals surface area (Å²) in [7, 11) is -3.41. The van der Waals surface area contributed by atoms with E-state index in [1.807, 2.05) is 0 Å². The van der Waals surface area contributed by atoms with Gasteiger partial charge in [-0.15, -0.1) is 0 Å². The fraction of sp³-hybridized carbons (Fsp3) is 0.909. The van der Waals surface area contributed by atoms with E-state index in [-0.39, 0.29) is 10.4 Å². The smallest absolute Gasteiger partial charge is 0.221 e. The van der Waals surface area contributed by atoms with Gasteiger partial charge in [0.1, 0.15) is 5.25 Å². The van der Waals surface area contributed by atoms with E-state index in [1.54, 1.807) is 6.92 Å². The summed E-state index contributed by atoms with van der Waals surface area (Å²) in [5.74, 6) is 0. The average molecular weight is 278 g/mol. The SMILES string of the molecule is CCC(C(N)=S)S(=O)(=O)NCC1(CC)CCC1. The highest BCUT2D eigenvalue weighted by Crippen LogP contribution is 2.43. The third-order valence-electron chi connectivity index (χ3n) is 3.88. The molecule has 4 nitrogen and oxygen atoms in total. The zero-order valence-corrected chi connectivity index (χ0v) is 12.2. The Balaban J connectivity index is 2.63. The maximum Gasteiger partial charge on any atom is 0.221 e. The van der Waals surface area contributed by atoms with Crippen LogP contribution in [0.2, 0.25) is 0 Å². The highest BCUT2D eigenvalue weighted by molar-refractivity contribution is 7.93. The highest BCUT2D eigenvalue weighted by atomic mass is 32.2. The Morgan fingerprint density at radius 1 is 1.47 bits per heavy atom. The van der Waals surface area contributed by atoms with Crippen LogP contribution in [0, 0.1) is 5.41 Å². The van der Waals surface area contributed by atoms with Crippen LogP contribution >= 0.6 is 12.2 Å². The minimum absolute atomic E-state index is 0.0548. The number of nitrogens with one attached hydrogen (secondary N) is 1. The zero-order chi connectivity index (χ0) is 13.1. The van der Waals surface area contributed by atoms with Crippen molar-refractivity contribution in [2.45, 2.75) is 51.2 Å². The standard InChI is InChI=1S/C11H22N2O2S2/c1-3-9(10(12)16)17(14,15)13-8-11(4-2)6-5-7-11/h9,13H,3-8H2,1-2H3,(H2,12,16). The molecular weight excluding hydrogens is 256 g/mol. The summed E-state index contributed by atoms with van der Waals surface area (Å²) in [4.78, 5) is 0.0548. The van der Waals surface area contributed by atoms with Gasteiger partial charge in [-0.1, -0.05) is 32.5 Å². The van der Waals surface area contributed by atoms with E-state index >= 15 is 0 Å². The van der Waals surface area contributed by atoms with Gasteiger partial charge in [0.15, 0.2) is 0 Å². The lowest BCUT2D eigenvalue weighted by Gasteiger charge is -2.41. The second kappa shape index (κ2) is 5.63. The number of thiocarbonyl (C=S) groups is 1. The van der Waals surface area contributed by atoms with Gasteiger partial charge in [0, 0.05) is 6.54 Å². The number of nitrogens with two attached hydrogens (primary N) is 1. The number of rotatable bonds is 7. The molecule has 6 heteroatoms. The molecule has 17 heavy (non-hydrogen) atoms. The van der Waals surface area contributed by atoms with E-state index in [0.717, 1.165) is 19.3 Å². The van der Waals surface area contributed by atoms with E-state index in [9.17, 15) is 8.42 Å². The Kier molecular flexibility index (Phi) is 4.92. The van der Waals surface area contributed by atoms with Crippen LogP contribution in [0.3, 0.4) is 0 Å². The molecule has 0 aromatic rings. The molecule has 100 valence electrons. The molecular formula is C11H22N2O2S2. The molecule has 0 spiro atoms. The molecule has 1 rings (SSSR count). The molecule has 1 aliphatic carbocycles. The van der Waals surface area contributed by atoms with Crippen molar-refractivity contribution >= 4 is 27.2 Å². The topological polar surface area (TPSA) is 72.2 Å². The largest absolute Gasteiger partial charge is 0.392 e. The molecule has 1 unspecified atom stereocenters. The van der Waals surface area contributed by atoms with Gasteiger partial charge in [0.05, 0.1) is 4.99 Å². The summed E-state index contributed by atoms with van der Waals surface area (Å²) in [5.41, 5.74) is 5.63. The van der Waals surface area contributed by atoms with Gasteiger partial charge in [-0.25, -0.2) is 13.1 Å². The lowest BCUT2D eigenvalue weighted by atomic mass is 9.67. The molecule has 0 bridgehead atoms. The van der Waals surface area contributed by atoms with E-state index in [1.165, 1.54) is 6.42 Å². The first-order valence-electron chi connectivity index (χ1n) is 6.14. The van der Waals surface area contributed by atoms with Gasteiger partial charge in [0.25, 0.3) is 0 Å². The van der Waals surface area contributed by atoms with Crippen molar-refractivity contribution in [3.8, 4) is 0 Å². The Morgan fingerprint density at radius 2 is 2.06 bits per heavy atom. The molecule has 0 saturated heterocycles. The van der Waals surface area contributed by atoms with E-state index in [0.29, 0.717) is 13.0 Å². The third-order valence-corrected chi connectivity index (χ3v) is 6.19. The molecule has 3 N–H and O–H groups in total. The molecule has 0 aromatic carbocycles. The van der Waals surface area contributed by atoms with Crippen molar-refractivity contribution in [1.82, 2.24) is 4.72 Å². The fourth-order valence-electron chi connectivity index (χ4n) is 2.26. The van der Waals surface area contributed by atoms with Crippen molar-refractivity contribution in [1.29, 1.82) is 0 Å². The Hall–Kier alpha value is -0.200. The fourth-order valence-corrected chi connectivity index (χ4v) is 4.26. The number of sulfonamides is 1. The van der Waals surface area contributed by atoms with Gasteiger partial charge < -0.3 is 5.73 Å². The van der Waals surface area contributed by atoms with Gasteiger partial charge in [0.2, 0.25) is 10.0 Å². The molecule has 1 aliphatic rings. The summed E-state index contributed by atoms with van der Waals surface area (Å²) in [6.45, 7) is 4.41. The Morgan fingerprint density at radius 3 is 2.35 bits per heavy atom. The first-order chi connectivity index (χ1) is 7.87. The summed E-state index contributed by atoms with van der Waals surface area (Å²) in [6, 6.07) is 0. The molecule has 1 fully saturated rings. The minimum Gasteiger partial charge on any atom is -0.392 e. The van der Waals surface area contributed by atoms with Crippen molar-refractivity contribution in [2.24, 2.45) is 11.1 Å². The summed E-state index contributed by atoms with van der Waals surface area (Å²) in [6.07, 6.45) is 4.84. The summed E-state index contributed by atoms with van der Waals surface area (Å²) in [5, 5.41) is -0.744. The number of hydrogen-bond donors (Lipinski definition) is 2. The predicted molar refractivity (Wildman–Crippen MR) is 74.4 cm³/mol. The molecule has 0 heterocycles. The normalized spacial score (nSPS) is 20.6. The van der Waals surface area contributed by atoms with Gasteiger partial charge in [-0.05, 0) is 31.1 Å². The minimum atomic E-state index is -3.41. The van der Waals surface area contributed by atoms with Gasteiger partial charge >= 0.3 is 0 Å². The lowest BCUT2D eigenvalue weighted by molar-refractivity contribution is 0.133. The average Bonchev–Trinajstić information content (AvgIpc) is 2.16. The van der Waals surface area contributed by atoms with Gasteiger partial charge in [-0.2, -0.15) is 0 Å². The quantitative estimate of drug-likeness (QED) is 0.693. The van der Waals surface area contributed by atoms with Crippen LogP contribution in [0.15, 0.2) is 0 Å². The maximum absolute atomic E-state index is 12.0. The van der Waals surface area contributed by atoms with Crippen LogP contribution in [-0.4, -0.2) is 25.2 Å². The van der Waals surface area contributed by atoms with Crippen molar-refractivity contribution in [3.63, 3.8) is 0 Å². The first kappa shape index (κ1) is 14.9. The third kappa shape index (κ3) is 3.39. The molecule has 0 aromatic heterocycles. The highest BCUT2D eigenvalue weighted by Gasteiger charge is 2.37. The van der Waals surface area contributed by atoms with Gasteiger partial charge in [-0.3, -0.25) is 0 Å². The van der Waals surface area contributed by atoms with Crippen LogP contribution in [-0.2, 0) is 10.0 Å². The van der Waals surface area contributed by atoms with E-state index in [2.05, 4.69) is 11.6 Å². The van der Waals surface area contributed by atoms with Crippen LogP contribution in [0.1, 0.15) is 46.0 Å². The second-order valence-corrected chi connectivity index (χ2v) is 7.29. The molecule has 1 saturated carbocycles. The molecule has 0 aliphatic heterocycles.